The van der Waals surface area contributed by atoms with Gasteiger partial charge in [0.1, 0.15) is 18.1 Å². The van der Waals surface area contributed by atoms with Gasteiger partial charge in [-0.3, -0.25) is 4.79 Å². The van der Waals surface area contributed by atoms with Crippen LogP contribution in [0.3, 0.4) is 0 Å². The van der Waals surface area contributed by atoms with E-state index in [0.717, 1.165) is 22.6 Å². The zero-order valence-electron chi connectivity index (χ0n) is 16.9. The fraction of sp³-hybridized carbons (Fsp3) is 0.167. The number of hydrogen-bond acceptors (Lipinski definition) is 4. The maximum Gasteiger partial charge on any atom is 0.271 e. The molecule has 6 heteroatoms. The molecule has 154 valence electrons. The Kier molecular flexibility index (Phi) is 7.46. The van der Waals surface area contributed by atoms with Crippen LogP contribution in [0.2, 0.25) is 5.02 Å². The molecule has 0 atom stereocenters. The third-order valence-electron chi connectivity index (χ3n) is 4.34. The molecule has 0 aromatic heterocycles. The summed E-state index contributed by atoms with van der Waals surface area (Å²) in [5, 5.41) is 4.81. The van der Waals surface area contributed by atoms with E-state index >= 15 is 0 Å². The summed E-state index contributed by atoms with van der Waals surface area (Å²) in [7, 11) is 0. The molecular formula is C24H23ClN2O3. The van der Waals surface area contributed by atoms with E-state index in [4.69, 9.17) is 21.1 Å². The molecule has 1 N–H and O–H groups in total. The third kappa shape index (κ3) is 6.09. The Morgan fingerprint density at radius 1 is 0.867 bits per heavy atom. The monoisotopic (exact) mass is 422 g/mol. The van der Waals surface area contributed by atoms with Crippen molar-refractivity contribution in [1.82, 2.24) is 5.43 Å². The Morgan fingerprint density at radius 3 is 2.03 bits per heavy atom. The van der Waals surface area contributed by atoms with Crippen molar-refractivity contribution in [2.75, 3.05) is 6.61 Å². The third-order valence-corrected chi connectivity index (χ3v) is 4.60. The summed E-state index contributed by atoms with van der Waals surface area (Å²) in [5.41, 5.74) is 5.64. The first-order valence-electron chi connectivity index (χ1n) is 9.60. The van der Waals surface area contributed by atoms with Gasteiger partial charge in [0.15, 0.2) is 0 Å². The van der Waals surface area contributed by atoms with Crippen molar-refractivity contribution < 1.29 is 14.3 Å². The lowest BCUT2D eigenvalue weighted by molar-refractivity contribution is 0.0955. The molecule has 0 saturated carbocycles. The Bertz CT molecular complexity index is 998. The summed E-state index contributed by atoms with van der Waals surface area (Å²) in [6.45, 7) is 4.81. The lowest BCUT2D eigenvalue weighted by atomic mass is 10.1. The normalized spacial score (nSPS) is 11.1. The maximum atomic E-state index is 12.3. The number of nitrogens with zero attached hydrogens (tertiary/aromatic N) is 1. The second-order valence-electron chi connectivity index (χ2n) is 6.54. The van der Waals surface area contributed by atoms with Gasteiger partial charge in [-0.1, -0.05) is 35.9 Å². The lowest BCUT2D eigenvalue weighted by Gasteiger charge is -2.08. The fourth-order valence-corrected chi connectivity index (χ4v) is 2.80. The van der Waals surface area contributed by atoms with Crippen molar-refractivity contribution in [3.8, 4) is 11.5 Å². The molecule has 0 radical (unpaired) electrons. The smallest absolute Gasteiger partial charge is 0.271 e. The first-order valence-corrected chi connectivity index (χ1v) is 9.98. The Labute approximate surface area is 181 Å². The summed E-state index contributed by atoms with van der Waals surface area (Å²) in [6.07, 6.45) is 0. The summed E-state index contributed by atoms with van der Waals surface area (Å²) in [5.74, 6) is 1.30. The van der Waals surface area contributed by atoms with Crippen LogP contribution in [0.15, 0.2) is 77.9 Å². The van der Waals surface area contributed by atoms with E-state index in [1.165, 1.54) is 0 Å². The first kappa shape index (κ1) is 21.4. The minimum absolute atomic E-state index is 0.276. The van der Waals surface area contributed by atoms with E-state index in [9.17, 15) is 4.79 Å². The zero-order chi connectivity index (χ0) is 21.3. The van der Waals surface area contributed by atoms with Gasteiger partial charge in [0.2, 0.25) is 0 Å². The van der Waals surface area contributed by atoms with Crippen LogP contribution in [0, 0.1) is 0 Å². The number of amides is 1. The van der Waals surface area contributed by atoms with Crippen LogP contribution in [-0.2, 0) is 6.61 Å². The van der Waals surface area contributed by atoms with Crippen LogP contribution in [0.25, 0.3) is 0 Å². The Hall–Kier alpha value is -3.31. The maximum absolute atomic E-state index is 12.3. The van der Waals surface area contributed by atoms with Gasteiger partial charge >= 0.3 is 0 Å². The van der Waals surface area contributed by atoms with Crippen molar-refractivity contribution in [2.24, 2.45) is 5.10 Å². The fourth-order valence-electron chi connectivity index (χ4n) is 2.67. The van der Waals surface area contributed by atoms with Gasteiger partial charge in [0.25, 0.3) is 5.91 Å². The van der Waals surface area contributed by atoms with Gasteiger partial charge in [-0.05, 0) is 73.5 Å². The number of rotatable bonds is 8. The van der Waals surface area contributed by atoms with Crippen LogP contribution in [0.4, 0.5) is 0 Å². The quantitative estimate of drug-likeness (QED) is 0.386. The highest BCUT2D eigenvalue weighted by atomic mass is 35.5. The van der Waals surface area contributed by atoms with Crippen LogP contribution in [0.1, 0.15) is 35.3 Å². The first-order chi connectivity index (χ1) is 14.5. The van der Waals surface area contributed by atoms with Crippen molar-refractivity contribution in [3.05, 3.63) is 94.5 Å². The SMILES string of the molecule is CCOc1ccc(OCc2ccc(C(=O)N/N=C(/C)c3ccc(Cl)cc3)cc2)cc1. The molecule has 0 unspecified atom stereocenters. The number of nitrogens with one attached hydrogen (secondary N) is 1. The van der Waals surface area contributed by atoms with E-state index in [2.05, 4.69) is 10.5 Å². The van der Waals surface area contributed by atoms with Crippen LogP contribution < -0.4 is 14.9 Å². The number of ether oxygens (including phenoxy) is 2. The molecule has 0 aliphatic carbocycles. The molecule has 0 aliphatic heterocycles. The van der Waals surface area contributed by atoms with Crippen LogP contribution >= 0.6 is 11.6 Å². The highest BCUT2D eigenvalue weighted by Gasteiger charge is 2.06. The lowest BCUT2D eigenvalue weighted by Crippen LogP contribution is -2.19. The van der Waals surface area contributed by atoms with Crippen molar-refractivity contribution in [2.45, 2.75) is 20.5 Å². The van der Waals surface area contributed by atoms with Crippen molar-refractivity contribution in [3.63, 3.8) is 0 Å². The van der Waals surface area contributed by atoms with Crippen LogP contribution in [0.5, 0.6) is 11.5 Å². The zero-order valence-corrected chi connectivity index (χ0v) is 17.6. The van der Waals surface area contributed by atoms with E-state index < -0.39 is 0 Å². The van der Waals surface area contributed by atoms with Gasteiger partial charge in [-0.25, -0.2) is 5.43 Å². The van der Waals surface area contributed by atoms with E-state index in [1.807, 2.05) is 62.4 Å². The van der Waals surface area contributed by atoms with Crippen molar-refractivity contribution in [1.29, 1.82) is 0 Å². The molecular weight excluding hydrogens is 400 g/mol. The van der Waals surface area contributed by atoms with E-state index in [1.54, 1.807) is 24.3 Å². The molecule has 0 spiro atoms. The Balaban J connectivity index is 1.53. The summed E-state index contributed by atoms with van der Waals surface area (Å²) >= 11 is 5.89. The largest absolute Gasteiger partial charge is 0.494 e. The molecule has 0 saturated heterocycles. The highest BCUT2D eigenvalue weighted by molar-refractivity contribution is 6.30. The molecule has 0 bridgehead atoms. The predicted molar refractivity (Wildman–Crippen MR) is 120 cm³/mol. The van der Waals surface area contributed by atoms with E-state index in [-0.39, 0.29) is 5.91 Å². The number of hydrazone groups is 1. The second kappa shape index (κ2) is 10.5. The number of carbonyl (C=O) groups is 1. The topological polar surface area (TPSA) is 59.9 Å². The summed E-state index contributed by atoms with van der Waals surface area (Å²) in [6, 6.07) is 22.0. The minimum Gasteiger partial charge on any atom is -0.494 e. The van der Waals surface area contributed by atoms with Gasteiger partial charge in [-0.2, -0.15) is 5.10 Å². The highest BCUT2D eigenvalue weighted by Crippen LogP contribution is 2.19. The molecule has 1 amide bonds. The molecule has 3 aromatic carbocycles. The standard InChI is InChI=1S/C24H23ClN2O3/c1-3-29-22-12-14-23(15-13-22)30-16-18-4-6-20(7-5-18)24(28)27-26-17(2)19-8-10-21(25)11-9-19/h4-15H,3,16H2,1-2H3,(H,27,28)/b26-17-. The molecule has 0 fully saturated rings. The average Bonchev–Trinajstić information content (AvgIpc) is 2.78. The van der Waals surface area contributed by atoms with Crippen LogP contribution in [-0.4, -0.2) is 18.2 Å². The second-order valence-corrected chi connectivity index (χ2v) is 6.97. The van der Waals surface area contributed by atoms with Gasteiger partial charge < -0.3 is 9.47 Å². The predicted octanol–water partition coefficient (Wildman–Crippen LogP) is 5.47. The molecule has 30 heavy (non-hydrogen) atoms. The number of hydrogen-bond donors (Lipinski definition) is 1. The Morgan fingerprint density at radius 2 is 1.43 bits per heavy atom. The number of halogens is 1. The minimum atomic E-state index is -0.276. The van der Waals surface area contributed by atoms with Gasteiger partial charge in [-0.15, -0.1) is 0 Å². The molecule has 0 heterocycles. The number of carbonyl (C=O) groups excluding carboxylic acids is 1. The number of benzene rings is 3. The van der Waals surface area contributed by atoms with E-state index in [0.29, 0.717) is 29.5 Å². The molecule has 5 nitrogen and oxygen atoms in total. The molecule has 0 aliphatic rings. The average molecular weight is 423 g/mol. The van der Waals surface area contributed by atoms with Gasteiger partial charge in [0, 0.05) is 10.6 Å². The molecule has 3 rings (SSSR count). The van der Waals surface area contributed by atoms with Crippen molar-refractivity contribution >= 4 is 23.2 Å². The molecule has 3 aromatic rings. The van der Waals surface area contributed by atoms with Gasteiger partial charge in [0.05, 0.1) is 12.3 Å². The summed E-state index contributed by atoms with van der Waals surface area (Å²) in [4.78, 5) is 12.3. The summed E-state index contributed by atoms with van der Waals surface area (Å²) < 4.78 is 11.2.